The maximum Gasteiger partial charge on any atom is 0.300 e. The van der Waals surface area contributed by atoms with Crippen molar-refractivity contribution in [1.82, 2.24) is 4.57 Å². The number of nitrogens with zero attached hydrogens (tertiary/aromatic N) is 3. The van der Waals surface area contributed by atoms with E-state index in [0.717, 1.165) is 89.0 Å². The summed E-state index contributed by atoms with van der Waals surface area (Å²) in [7, 11) is -1.71. The number of imidazole rings is 1. The lowest BCUT2D eigenvalue weighted by atomic mass is 9.52. The van der Waals surface area contributed by atoms with Gasteiger partial charge in [-0.15, -0.1) is 0 Å². The van der Waals surface area contributed by atoms with Crippen molar-refractivity contribution in [3.63, 3.8) is 0 Å². The van der Waals surface area contributed by atoms with E-state index in [0.29, 0.717) is 0 Å². The Bertz CT molecular complexity index is 3920. The fourth-order valence-corrected chi connectivity index (χ4v) is 13.3. The molecule has 1 fully saturated rings. The van der Waals surface area contributed by atoms with E-state index < -0.39 is 13.6 Å². The number of para-hydroxylation sites is 2. The zero-order valence-corrected chi connectivity index (χ0v) is 39.0. The number of furan rings is 1. The number of fused-ring (bicyclic) bond motifs is 18. The minimum Gasteiger partial charge on any atom is -0.455 e. The molecule has 1 spiro atoms. The molecule has 68 heavy (non-hydrogen) atoms. The lowest BCUT2D eigenvalue weighted by Gasteiger charge is -2.52. The molecule has 3 atom stereocenters. The van der Waals surface area contributed by atoms with Crippen molar-refractivity contribution in [1.29, 1.82) is 0 Å². The van der Waals surface area contributed by atoms with Gasteiger partial charge in [0.15, 0.2) is 34.4 Å². The van der Waals surface area contributed by atoms with Gasteiger partial charge in [-0.05, 0) is 99.6 Å². The molecular weight excluding hydrogens is 850 g/mol. The van der Waals surface area contributed by atoms with E-state index in [1.165, 1.54) is 27.6 Å². The molecule has 6 heteroatoms. The summed E-state index contributed by atoms with van der Waals surface area (Å²) in [5.41, 5.74) is 17.7. The van der Waals surface area contributed by atoms with Gasteiger partial charge in [-0.1, -0.05) is 154 Å². The van der Waals surface area contributed by atoms with Crippen LogP contribution >= 0.6 is 0 Å². The van der Waals surface area contributed by atoms with Crippen LogP contribution in [0.2, 0.25) is 19.6 Å². The fourth-order valence-electron chi connectivity index (χ4n) is 12.2. The highest BCUT2D eigenvalue weighted by atomic mass is 28.3. The van der Waals surface area contributed by atoms with Gasteiger partial charge in [-0.25, -0.2) is 8.96 Å². The molecule has 2 aliphatic heterocycles. The molecule has 324 valence electrons. The van der Waals surface area contributed by atoms with Gasteiger partial charge in [0, 0.05) is 33.2 Å². The second-order valence-electron chi connectivity index (χ2n) is 19.9. The minimum absolute atomic E-state index is 0.0103. The third kappa shape index (κ3) is 5.23. The first-order valence-corrected chi connectivity index (χ1v) is 27.1. The summed E-state index contributed by atoms with van der Waals surface area (Å²) in [6.07, 6.45) is 2.45. The molecule has 0 radical (unpaired) electrons. The monoisotopic (exact) mass is 895 g/mol. The van der Waals surface area contributed by atoms with Gasteiger partial charge in [0.1, 0.15) is 28.6 Å². The molecule has 4 nitrogen and oxygen atoms in total. The Morgan fingerprint density at radius 1 is 0.632 bits per heavy atom. The van der Waals surface area contributed by atoms with E-state index in [1.54, 1.807) is 12.1 Å². The third-order valence-electron chi connectivity index (χ3n) is 15.3. The van der Waals surface area contributed by atoms with Gasteiger partial charge < -0.3 is 4.42 Å². The molecule has 8 aromatic carbocycles. The first-order chi connectivity index (χ1) is 33.2. The van der Waals surface area contributed by atoms with Crippen molar-refractivity contribution in [2.75, 3.05) is 0 Å². The van der Waals surface area contributed by atoms with E-state index >= 15 is 0 Å². The van der Waals surface area contributed by atoms with Crippen LogP contribution in [0, 0.1) is 5.82 Å². The van der Waals surface area contributed by atoms with Crippen LogP contribution in [0.15, 0.2) is 217 Å². The number of aromatic nitrogens is 3. The Hall–Kier alpha value is -7.93. The van der Waals surface area contributed by atoms with Gasteiger partial charge in [-0.3, -0.25) is 0 Å². The average Bonchev–Trinajstić information content (AvgIpc) is 4.02. The number of allylic oxidation sites excluding steroid dienone is 1. The molecule has 3 aliphatic rings. The Kier molecular flexibility index (Phi) is 8.11. The molecule has 3 aromatic heterocycles. The largest absolute Gasteiger partial charge is 0.455 e. The summed E-state index contributed by atoms with van der Waals surface area (Å²) in [4.78, 5) is 0. The Morgan fingerprint density at radius 2 is 1.28 bits per heavy atom. The van der Waals surface area contributed by atoms with Crippen molar-refractivity contribution >= 4 is 46.2 Å². The van der Waals surface area contributed by atoms with Gasteiger partial charge in [-0.2, -0.15) is 9.13 Å². The highest BCUT2D eigenvalue weighted by Gasteiger charge is 2.75. The summed E-state index contributed by atoms with van der Waals surface area (Å²) in [6, 6.07) is 68.6. The third-order valence-corrected chi connectivity index (χ3v) is 17.4. The van der Waals surface area contributed by atoms with Crippen LogP contribution in [-0.2, 0) is 5.54 Å². The summed E-state index contributed by atoms with van der Waals surface area (Å²) in [5, 5.41) is 3.44. The van der Waals surface area contributed by atoms with E-state index in [-0.39, 0.29) is 17.8 Å². The van der Waals surface area contributed by atoms with Crippen molar-refractivity contribution < 1.29 is 17.9 Å². The lowest BCUT2D eigenvalue weighted by Crippen LogP contribution is -2.74. The summed E-state index contributed by atoms with van der Waals surface area (Å²) < 4.78 is 30.0. The fraction of sp³-hybridized carbons (Fsp3) is 0.0968. The Labute approximate surface area is 395 Å². The zero-order chi connectivity index (χ0) is 45.6. The highest BCUT2D eigenvalue weighted by Crippen LogP contribution is 2.68. The van der Waals surface area contributed by atoms with Gasteiger partial charge in [0.25, 0.3) is 5.82 Å². The van der Waals surface area contributed by atoms with Crippen LogP contribution in [0.3, 0.4) is 0 Å². The number of halogens is 1. The lowest BCUT2D eigenvalue weighted by molar-refractivity contribution is -0.780. The first kappa shape index (κ1) is 39.3. The number of pyridine rings is 1. The second kappa shape index (κ2) is 14.0. The maximum absolute atomic E-state index is 14.9. The van der Waals surface area contributed by atoms with Crippen LogP contribution in [-0.4, -0.2) is 12.6 Å². The van der Waals surface area contributed by atoms with Crippen LogP contribution in [0.1, 0.15) is 23.1 Å². The molecule has 11 aromatic rings. The molecule has 1 saturated carbocycles. The second-order valence-corrected chi connectivity index (χ2v) is 25.0. The SMILES string of the molecule is C=C1C2C(c3ccccc3-c3ccc([Si](C)(C)C)c[n+]32)C12c1cc(-c3ccc(F)cc3)c3c(oc4cc(-c5ccccc5)ccc43)c1-c1n(-c3ccc(-c4ccccc4)cc3)c3ccccc3[n+]12. The summed E-state index contributed by atoms with van der Waals surface area (Å²) in [6.45, 7) is 12.5. The highest BCUT2D eigenvalue weighted by molar-refractivity contribution is 6.88. The first-order valence-electron chi connectivity index (χ1n) is 23.6. The molecule has 14 rings (SSSR count). The zero-order valence-electron chi connectivity index (χ0n) is 38.0. The number of benzene rings is 8. The molecule has 0 N–H and O–H groups in total. The maximum atomic E-state index is 14.9. The molecule has 0 saturated heterocycles. The molecule has 0 amide bonds. The van der Waals surface area contributed by atoms with E-state index in [4.69, 9.17) is 11.0 Å². The van der Waals surface area contributed by atoms with Gasteiger partial charge in [0.2, 0.25) is 5.69 Å². The minimum atomic E-state index is -1.71. The van der Waals surface area contributed by atoms with Crippen LogP contribution in [0.5, 0.6) is 0 Å². The Balaban J connectivity index is 1.13. The summed E-state index contributed by atoms with van der Waals surface area (Å²) >= 11 is 0. The van der Waals surface area contributed by atoms with E-state index in [2.05, 4.69) is 203 Å². The molecular formula is C62H46FN3OSi+2. The van der Waals surface area contributed by atoms with Gasteiger partial charge in [0.05, 0.1) is 13.6 Å². The van der Waals surface area contributed by atoms with Crippen molar-refractivity contribution in [3.8, 4) is 61.7 Å². The quantitative estimate of drug-likeness (QED) is 0.0960. The molecule has 0 bridgehead atoms. The molecule has 1 aliphatic carbocycles. The molecule has 5 heterocycles. The van der Waals surface area contributed by atoms with E-state index in [1.807, 2.05) is 18.2 Å². The predicted octanol–water partition coefficient (Wildman–Crippen LogP) is 14.1. The van der Waals surface area contributed by atoms with Crippen molar-refractivity contribution in [2.45, 2.75) is 37.1 Å². The summed E-state index contributed by atoms with van der Waals surface area (Å²) in [5.74, 6) is 0.754. The van der Waals surface area contributed by atoms with Crippen LogP contribution in [0.4, 0.5) is 4.39 Å². The van der Waals surface area contributed by atoms with Crippen LogP contribution in [0.25, 0.3) is 94.7 Å². The van der Waals surface area contributed by atoms with Gasteiger partial charge >= 0.3 is 0 Å². The average molecular weight is 896 g/mol. The number of hydrogen-bond donors (Lipinski definition) is 0. The number of hydrogen-bond acceptors (Lipinski definition) is 1. The smallest absolute Gasteiger partial charge is 0.300 e. The van der Waals surface area contributed by atoms with Crippen molar-refractivity contribution in [2.24, 2.45) is 0 Å². The molecule has 3 unspecified atom stereocenters. The predicted molar refractivity (Wildman–Crippen MR) is 275 cm³/mol. The van der Waals surface area contributed by atoms with Crippen LogP contribution < -0.4 is 14.3 Å². The number of rotatable bonds is 5. The van der Waals surface area contributed by atoms with E-state index in [9.17, 15) is 4.39 Å². The standard InChI is InChI=1S/C62H46FN3OSi/c1-38-59-58(48-20-12-11-19-47(48)52-34-32-46(37-64(52)59)68(2,3)4)62(38)51-36-50(42-23-28-44(63)29-24-42)56-49-33-27-43(40-17-9-6-10-18-40)35-55(49)67-60(56)57(51)61-65(53-21-13-14-22-54(53)66(61)62)45-30-25-41(26-31-45)39-15-7-5-8-16-39/h5-37,58-59H,1H2,2-4H3/q+2. The van der Waals surface area contributed by atoms with Crippen molar-refractivity contribution in [3.05, 3.63) is 229 Å². The topological polar surface area (TPSA) is 25.8 Å². The normalized spacial score (nSPS) is 17.8. The Morgan fingerprint density at radius 3 is 2.03 bits per heavy atom.